The highest BCUT2D eigenvalue weighted by Gasteiger charge is 2.25. The smallest absolute Gasteiger partial charge is 0.337 e. The maximum atomic E-state index is 14.0. The molecule has 0 unspecified atom stereocenters. The minimum absolute atomic E-state index is 0.0287. The summed E-state index contributed by atoms with van der Waals surface area (Å²) in [6.45, 7) is 1.16. The van der Waals surface area contributed by atoms with Gasteiger partial charge < -0.3 is 10.2 Å². The van der Waals surface area contributed by atoms with Crippen LogP contribution in [0.2, 0.25) is 0 Å². The van der Waals surface area contributed by atoms with Crippen molar-refractivity contribution in [3.05, 3.63) is 91.7 Å². The van der Waals surface area contributed by atoms with Crippen LogP contribution < -0.4 is 16.6 Å². The molecule has 0 aliphatic carbocycles. The van der Waals surface area contributed by atoms with E-state index in [1.165, 1.54) is 23.1 Å². The van der Waals surface area contributed by atoms with Gasteiger partial charge in [0.25, 0.3) is 11.5 Å². The number of hydrogen-bond donors (Lipinski definition) is 1. The number of aryl methyl sites for hydroxylation is 1. The first-order valence-electron chi connectivity index (χ1n) is 10.3. The standard InChI is InChI=1S/C24H21FN4O4S/c1-14-19-21(31)29(15-9-5-4-6-10-15)24(33)28(23(19)34-20(14)22(32)27(2)3)13-18(30)26-17-12-8-7-11-16(17)25/h4-12H,13H2,1-3H3,(H,26,30). The third-order valence-corrected chi connectivity index (χ3v) is 6.58. The number of nitrogens with zero attached hydrogens (tertiary/aromatic N) is 3. The molecule has 0 saturated heterocycles. The quantitative estimate of drug-likeness (QED) is 0.475. The van der Waals surface area contributed by atoms with E-state index in [1.807, 2.05) is 0 Å². The van der Waals surface area contributed by atoms with Crippen LogP contribution in [0, 0.1) is 12.7 Å². The summed E-state index contributed by atoms with van der Waals surface area (Å²) in [6.07, 6.45) is 0. The molecule has 0 radical (unpaired) electrons. The van der Waals surface area contributed by atoms with Crippen molar-refractivity contribution < 1.29 is 14.0 Å². The second kappa shape index (κ2) is 9.06. The third kappa shape index (κ3) is 4.03. The Hall–Kier alpha value is -4.05. The molecule has 4 rings (SSSR count). The number of para-hydroxylation sites is 2. The fourth-order valence-electron chi connectivity index (χ4n) is 3.59. The van der Waals surface area contributed by atoms with Gasteiger partial charge in [-0.25, -0.2) is 13.8 Å². The number of hydrogen-bond acceptors (Lipinski definition) is 5. The van der Waals surface area contributed by atoms with Gasteiger partial charge in [0.05, 0.1) is 21.6 Å². The van der Waals surface area contributed by atoms with Crippen LogP contribution in [-0.4, -0.2) is 39.9 Å². The van der Waals surface area contributed by atoms with Gasteiger partial charge in [0.15, 0.2) is 0 Å². The fraction of sp³-hybridized carbons (Fsp3) is 0.167. The van der Waals surface area contributed by atoms with E-state index in [-0.39, 0.29) is 21.8 Å². The summed E-state index contributed by atoms with van der Waals surface area (Å²) in [7, 11) is 3.17. The number of anilines is 1. The Morgan fingerprint density at radius 2 is 1.68 bits per heavy atom. The van der Waals surface area contributed by atoms with E-state index >= 15 is 0 Å². The number of halogens is 1. The van der Waals surface area contributed by atoms with Crippen LogP contribution in [0.4, 0.5) is 10.1 Å². The normalized spacial score (nSPS) is 10.9. The molecule has 0 aliphatic rings. The summed E-state index contributed by atoms with van der Waals surface area (Å²) in [5, 5.41) is 2.63. The molecule has 0 spiro atoms. The third-order valence-electron chi connectivity index (χ3n) is 5.28. The Morgan fingerprint density at radius 3 is 2.32 bits per heavy atom. The van der Waals surface area contributed by atoms with Crippen LogP contribution in [0.15, 0.2) is 64.2 Å². The molecule has 8 nitrogen and oxygen atoms in total. The second-order valence-electron chi connectivity index (χ2n) is 7.81. The summed E-state index contributed by atoms with van der Waals surface area (Å²) >= 11 is 0.975. The van der Waals surface area contributed by atoms with E-state index in [4.69, 9.17) is 0 Å². The van der Waals surface area contributed by atoms with Crippen LogP contribution in [-0.2, 0) is 11.3 Å². The molecule has 2 heterocycles. The molecule has 0 saturated carbocycles. The molecule has 0 atom stereocenters. The number of nitrogens with one attached hydrogen (secondary N) is 1. The fourth-order valence-corrected chi connectivity index (χ4v) is 4.91. The molecule has 174 valence electrons. The van der Waals surface area contributed by atoms with E-state index in [2.05, 4.69) is 5.32 Å². The van der Waals surface area contributed by atoms with Crippen LogP contribution in [0.3, 0.4) is 0 Å². The number of carbonyl (C=O) groups is 2. The summed E-state index contributed by atoms with van der Waals surface area (Å²) in [5.74, 6) is -1.59. The maximum absolute atomic E-state index is 14.0. The number of thiophene rings is 1. The van der Waals surface area contributed by atoms with Crippen molar-refractivity contribution in [3.63, 3.8) is 0 Å². The van der Waals surface area contributed by atoms with Gasteiger partial charge in [0.1, 0.15) is 17.2 Å². The number of benzene rings is 2. The molecule has 0 fully saturated rings. The lowest BCUT2D eigenvalue weighted by atomic mass is 10.2. The molecule has 4 aromatic rings. The van der Waals surface area contributed by atoms with Gasteiger partial charge in [0.2, 0.25) is 5.91 Å². The number of amides is 2. The van der Waals surface area contributed by atoms with Gasteiger partial charge in [-0.05, 0) is 36.8 Å². The van der Waals surface area contributed by atoms with E-state index < -0.39 is 29.5 Å². The van der Waals surface area contributed by atoms with Crippen LogP contribution in [0.25, 0.3) is 15.9 Å². The van der Waals surface area contributed by atoms with Crippen LogP contribution in [0.5, 0.6) is 0 Å². The zero-order chi connectivity index (χ0) is 24.6. The summed E-state index contributed by atoms with van der Waals surface area (Å²) in [6, 6.07) is 14.0. The highest BCUT2D eigenvalue weighted by Crippen LogP contribution is 2.29. The Balaban J connectivity index is 1.94. The Bertz CT molecular complexity index is 1540. The molecule has 1 N–H and O–H groups in total. The monoisotopic (exact) mass is 480 g/mol. The Morgan fingerprint density at radius 1 is 1.03 bits per heavy atom. The highest BCUT2D eigenvalue weighted by atomic mass is 32.1. The number of aromatic nitrogens is 2. The largest absolute Gasteiger partial charge is 0.344 e. The molecule has 2 aromatic heterocycles. The molecular formula is C24H21FN4O4S. The zero-order valence-electron chi connectivity index (χ0n) is 18.7. The SMILES string of the molecule is Cc1c(C(=O)N(C)C)sc2c1c(=O)n(-c1ccccc1)c(=O)n2CC(=O)Nc1ccccc1F. The first-order chi connectivity index (χ1) is 16.2. The van der Waals surface area contributed by atoms with E-state index in [1.54, 1.807) is 57.4 Å². The molecule has 0 bridgehead atoms. The van der Waals surface area contributed by atoms with Crippen LogP contribution >= 0.6 is 11.3 Å². The van der Waals surface area contributed by atoms with Gasteiger partial charge in [-0.3, -0.25) is 19.0 Å². The van der Waals surface area contributed by atoms with E-state index in [0.29, 0.717) is 16.1 Å². The van der Waals surface area contributed by atoms with Crippen LogP contribution in [0.1, 0.15) is 15.2 Å². The number of rotatable bonds is 5. The Kier molecular flexibility index (Phi) is 6.16. The lowest BCUT2D eigenvalue weighted by molar-refractivity contribution is -0.116. The lowest BCUT2D eigenvalue weighted by Gasteiger charge is -2.13. The predicted molar refractivity (Wildman–Crippen MR) is 129 cm³/mol. The summed E-state index contributed by atoms with van der Waals surface area (Å²) in [5.41, 5.74) is -0.592. The average molecular weight is 481 g/mol. The minimum atomic E-state index is -0.738. The van der Waals surface area contributed by atoms with Gasteiger partial charge >= 0.3 is 5.69 Å². The minimum Gasteiger partial charge on any atom is -0.344 e. The molecule has 2 amide bonds. The van der Waals surface area contributed by atoms with Crippen molar-refractivity contribution in [1.82, 2.24) is 14.0 Å². The number of fused-ring (bicyclic) bond motifs is 1. The maximum Gasteiger partial charge on any atom is 0.337 e. The van der Waals surface area contributed by atoms with Gasteiger partial charge in [-0.1, -0.05) is 30.3 Å². The molecule has 0 aliphatic heterocycles. The van der Waals surface area contributed by atoms with E-state index in [9.17, 15) is 23.6 Å². The molecule has 2 aromatic carbocycles. The highest BCUT2D eigenvalue weighted by molar-refractivity contribution is 7.20. The topological polar surface area (TPSA) is 93.4 Å². The van der Waals surface area contributed by atoms with Crippen molar-refractivity contribution in [2.75, 3.05) is 19.4 Å². The van der Waals surface area contributed by atoms with Crippen molar-refractivity contribution in [3.8, 4) is 5.69 Å². The van der Waals surface area contributed by atoms with Crippen molar-refractivity contribution in [2.24, 2.45) is 0 Å². The van der Waals surface area contributed by atoms with Gasteiger partial charge in [-0.2, -0.15) is 0 Å². The molecule has 34 heavy (non-hydrogen) atoms. The molecule has 10 heteroatoms. The second-order valence-corrected chi connectivity index (χ2v) is 8.81. The summed E-state index contributed by atoms with van der Waals surface area (Å²) in [4.78, 5) is 54.3. The average Bonchev–Trinajstić information content (AvgIpc) is 3.15. The van der Waals surface area contributed by atoms with Crippen molar-refractivity contribution in [1.29, 1.82) is 0 Å². The Labute approximate surface area is 197 Å². The first kappa shape index (κ1) is 23.1. The van der Waals surface area contributed by atoms with Gasteiger partial charge in [-0.15, -0.1) is 11.3 Å². The van der Waals surface area contributed by atoms with E-state index in [0.717, 1.165) is 20.5 Å². The first-order valence-corrected chi connectivity index (χ1v) is 11.1. The predicted octanol–water partition coefficient (Wildman–Crippen LogP) is 3.00. The lowest BCUT2D eigenvalue weighted by Crippen LogP contribution is -2.40. The zero-order valence-corrected chi connectivity index (χ0v) is 19.5. The molecular weight excluding hydrogens is 459 g/mol. The number of carbonyl (C=O) groups excluding carboxylic acids is 2. The van der Waals surface area contributed by atoms with Crippen molar-refractivity contribution >= 4 is 39.1 Å². The van der Waals surface area contributed by atoms with Gasteiger partial charge in [0, 0.05) is 14.1 Å². The summed E-state index contributed by atoms with van der Waals surface area (Å²) < 4.78 is 16.1. The van der Waals surface area contributed by atoms with Crippen molar-refractivity contribution in [2.45, 2.75) is 13.5 Å².